The van der Waals surface area contributed by atoms with Crippen LogP contribution in [0.3, 0.4) is 0 Å². The monoisotopic (exact) mass is 442 g/mol. The third-order valence-electron chi connectivity index (χ3n) is 4.87. The van der Waals surface area contributed by atoms with Crippen LogP contribution in [0, 0.1) is 0 Å². The van der Waals surface area contributed by atoms with Crippen LogP contribution < -0.4 is 21.5 Å². The molecule has 0 aliphatic rings. The van der Waals surface area contributed by atoms with E-state index in [1.807, 2.05) is 4.90 Å². The van der Waals surface area contributed by atoms with Gasteiger partial charge in [0.25, 0.3) is 11.5 Å². The highest BCUT2D eigenvalue weighted by atomic mass is 16.4. The van der Waals surface area contributed by atoms with Gasteiger partial charge < -0.3 is 31.1 Å². The topological polar surface area (TPSA) is 194 Å². The number of aromatic amines is 2. The lowest BCUT2D eigenvalue weighted by Crippen LogP contribution is -2.41. The number of nitrogens with zero attached hydrogens (tertiary/aromatic N) is 2. The van der Waals surface area contributed by atoms with Gasteiger partial charge in [-0.05, 0) is 30.7 Å². The molecule has 1 atom stereocenters. The minimum absolute atomic E-state index is 0.0196. The van der Waals surface area contributed by atoms with Gasteiger partial charge in [0.15, 0.2) is 0 Å². The van der Waals surface area contributed by atoms with Crippen LogP contribution in [-0.2, 0) is 16.1 Å². The first kappa shape index (κ1) is 22.3. The fourth-order valence-electron chi connectivity index (χ4n) is 3.23. The maximum absolute atomic E-state index is 12.4. The Kier molecular flexibility index (Phi) is 6.42. The van der Waals surface area contributed by atoms with Crippen LogP contribution in [0.5, 0.6) is 0 Å². The van der Waals surface area contributed by atoms with Gasteiger partial charge in [-0.15, -0.1) is 0 Å². The van der Waals surface area contributed by atoms with Gasteiger partial charge in [-0.1, -0.05) is 0 Å². The van der Waals surface area contributed by atoms with E-state index in [4.69, 9.17) is 10.8 Å². The number of aromatic nitrogens is 3. The second-order valence-corrected chi connectivity index (χ2v) is 7.19. The number of fused-ring (bicyclic) bond motifs is 1. The largest absolute Gasteiger partial charge is 0.481 e. The first-order valence-electron chi connectivity index (χ1n) is 9.58. The molecule has 0 aliphatic heterocycles. The Hall–Kier alpha value is -4.35. The molecule has 0 saturated carbocycles. The Bertz CT molecular complexity index is 1220. The minimum atomic E-state index is -1.30. The lowest BCUT2D eigenvalue weighted by Gasteiger charge is -2.19. The zero-order valence-electron chi connectivity index (χ0n) is 17.1. The number of carboxylic acids is 2. The van der Waals surface area contributed by atoms with Gasteiger partial charge in [-0.2, -0.15) is 4.98 Å². The van der Waals surface area contributed by atoms with Gasteiger partial charge in [0.05, 0.1) is 5.39 Å². The summed E-state index contributed by atoms with van der Waals surface area (Å²) in [6.07, 6.45) is 1.08. The lowest BCUT2D eigenvalue weighted by molar-refractivity contribution is -0.140. The molecular weight excluding hydrogens is 420 g/mol. The molecule has 1 amide bonds. The van der Waals surface area contributed by atoms with E-state index in [9.17, 15) is 24.3 Å². The third kappa shape index (κ3) is 5.03. The summed E-state index contributed by atoms with van der Waals surface area (Å²) in [5.41, 5.74) is 7.28. The molecule has 0 aliphatic carbocycles. The van der Waals surface area contributed by atoms with Crippen molar-refractivity contribution in [2.45, 2.75) is 25.4 Å². The molecule has 3 aromatic rings. The summed E-state index contributed by atoms with van der Waals surface area (Å²) in [6, 6.07) is 5.11. The molecule has 2 aromatic heterocycles. The van der Waals surface area contributed by atoms with E-state index in [1.165, 1.54) is 12.1 Å². The van der Waals surface area contributed by atoms with Gasteiger partial charge >= 0.3 is 11.9 Å². The summed E-state index contributed by atoms with van der Waals surface area (Å²) in [6.45, 7) is 0.372. The first-order chi connectivity index (χ1) is 15.2. The number of carbonyl (C=O) groups is 3. The number of nitrogen functional groups attached to an aromatic ring is 1. The molecule has 32 heavy (non-hydrogen) atoms. The van der Waals surface area contributed by atoms with E-state index >= 15 is 0 Å². The highest BCUT2D eigenvalue weighted by Gasteiger charge is 2.21. The molecular formula is C20H22N6O6. The molecule has 168 valence electrons. The third-order valence-corrected chi connectivity index (χ3v) is 4.87. The summed E-state index contributed by atoms with van der Waals surface area (Å²) in [7, 11) is 1.80. The van der Waals surface area contributed by atoms with Crippen LogP contribution in [0.15, 0.2) is 35.3 Å². The molecule has 0 radical (unpaired) electrons. The SMILES string of the molecule is CN(Cc1c[nH]c2nc(N)[nH]c(=O)c12)c1ccc(C(=O)NC(CCC(=O)O)C(=O)O)cc1. The van der Waals surface area contributed by atoms with Crippen LogP contribution in [0.4, 0.5) is 11.6 Å². The molecule has 3 rings (SSSR count). The summed E-state index contributed by atoms with van der Waals surface area (Å²) < 4.78 is 0. The number of aliphatic carboxylic acids is 2. The number of benzene rings is 1. The smallest absolute Gasteiger partial charge is 0.326 e. The van der Waals surface area contributed by atoms with Crippen molar-refractivity contribution in [2.75, 3.05) is 17.7 Å². The van der Waals surface area contributed by atoms with E-state index < -0.39 is 23.9 Å². The van der Waals surface area contributed by atoms with Crippen molar-refractivity contribution >= 4 is 40.5 Å². The highest BCUT2D eigenvalue weighted by Crippen LogP contribution is 2.20. The number of H-pyrrole nitrogens is 2. The minimum Gasteiger partial charge on any atom is -0.481 e. The number of nitrogens with two attached hydrogens (primary N) is 1. The molecule has 7 N–H and O–H groups in total. The predicted molar refractivity (Wildman–Crippen MR) is 115 cm³/mol. The maximum atomic E-state index is 12.4. The second kappa shape index (κ2) is 9.20. The van der Waals surface area contributed by atoms with E-state index in [0.717, 1.165) is 5.69 Å². The van der Waals surface area contributed by atoms with Crippen molar-refractivity contribution in [3.63, 3.8) is 0 Å². The van der Waals surface area contributed by atoms with Gasteiger partial charge in [-0.25, -0.2) is 4.79 Å². The summed E-state index contributed by atoms with van der Waals surface area (Å²) in [5, 5.41) is 20.6. The van der Waals surface area contributed by atoms with Crippen molar-refractivity contribution in [3.05, 3.63) is 51.9 Å². The quantitative estimate of drug-likeness (QED) is 0.274. The summed E-state index contributed by atoms with van der Waals surface area (Å²) in [4.78, 5) is 57.8. The Balaban J connectivity index is 1.70. The van der Waals surface area contributed by atoms with Gasteiger partial charge in [-0.3, -0.25) is 19.4 Å². The van der Waals surface area contributed by atoms with Crippen molar-refractivity contribution in [3.8, 4) is 0 Å². The second-order valence-electron chi connectivity index (χ2n) is 7.19. The first-order valence-corrected chi connectivity index (χ1v) is 9.58. The van der Waals surface area contributed by atoms with Gasteiger partial charge in [0, 0.05) is 43.0 Å². The highest BCUT2D eigenvalue weighted by molar-refractivity contribution is 5.97. The van der Waals surface area contributed by atoms with E-state index in [2.05, 4.69) is 20.3 Å². The predicted octanol–water partition coefficient (Wildman–Crippen LogP) is 0.518. The molecule has 12 nitrogen and oxygen atoms in total. The number of anilines is 2. The Morgan fingerprint density at radius 1 is 1.22 bits per heavy atom. The van der Waals surface area contributed by atoms with E-state index in [-0.39, 0.29) is 29.9 Å². The van der Waals surface area contributed by atoms with Gasteiger partial charge in [0.2, 0.25) is 5.95 Å². The maximum Gasteiger partial charge on any atom is 0.326 e. The molecule has 0 bridgehead atoms. The van der Waals surface area contributed by atoms with Crippen molar-refractivity contribution < 1.29 is 24.6 Å². The fourth-order valence-corrected chi connectivity index (χ4v) is 3.23. The summed E-state index contributed by atoms with van der Waals surface area (Å²) >= 11 is 0. The average molecular weight is 442 g/mol. The number of amides is 1. The number of rotatable bonds is 9. The van der Waals surface area contributed by atoms with Crippen molar-refractivity contribution in [1.29, 1.82) is 0 Å². The average Bonchev–Trinajstić information content (AvgIpc) is 3.13. The van der Waals surface area contributed by atoms with Crippen LogP contribution >= 0.6 is 0 Å². The van der Waals surface area contributed by atoms with E-state index in [1.54, 1.807) is 25.4 Å². The Labute approximate surface area is 181 Å². The molecule has 12 heteroatoms. The number of hydrogen-bond acceptors (Lipinski definition) is 7. The number of carbonyl (C=O) groups excluding carboxylic acids is 1. The van der Waals surface area contributed by atoms with Crippen LogP contribution in [0.25, 0.3) is 11.0 Å². The fraction of sp³-hybridized carbons (Fsp3) is 0.250. The van der Waals surface area contributed by atoms with Crippen LogP contribution in [0.1, 0.15) is 28.8 Å². The van der Waals surface area contributed by atoms with Crippen molar-refractivity contribution in [1.82, 2.24) is 20.3 Å². The zero-order chi connectivity index (χ0) is 23.4. The molecule has 0 fully saturated rings. The van der Waals surface area contributed by atoms with Crippen LogP contribution in [0.2, 0.25) is 0 Å². The number of nitrogens with one attached hydrogen (secondary N) is 3. The van der Waals surface area contributed by atoms with Gasteiger partial charge in [0.1, 0.15) is 11.7 Å². The van der Waals surface area contributed by atoms with E-state index in [0.29, 0.717) is 23.1 Å². The Morgan fingerprint density at radius 3 is 2.53 bits per heavy atom. The lowest BCUT2D eigenvalue weighted by atomic mass is 10.1. The standard InChI is InChI=1S/C20H22N6O6/c1-26(9-11-8-22-16-15(11)18(30)25-20(21)24-16)12-4-2-10(3-5-12)17(29)23-13(19(31)32)6-7-14(27)28/h2-5,8,13H,6-7,9H2,1H3,(H,23,29)(H,27,28)(H,31,32)(H4,21,22,24,25,30). The molecule has 0 saturated heterocycles. The number of hydrogen-bond donors (Lipinski definition) is 6. The Morgan fingerprint density at radius 2 is 1.91 bits per heavy atom. The van der Waals surface area contributed by atoms with Crippen molar-refractivity contribution in [2.24, 2.45) is 0 Å². The molecule has 2 heterocycles. The van der Waals surface area contributed by atoms with Crippen LogP contribution in [-0.4, -0.2) is 56.1 Å². The molecule has 1 aromatic carbocycles. The molecule has 1 unspecified atom stereocenters. The summed E-state index contributed by atoms with van der Waals surface area (Å²) in [5.74, 6) is -3.05. The molecule has 0 spiro atoms. The zero-order valence-corrected chi connectivity index (χ0v) is 17.1. The number of carboxylic acid groups (broad SMARTS) is 2. The normalized spacial score (nSPS) is 11.8.